The smallest absolute Gasteiger partial charge is 0.263 e. The van der Waals surface area contributed by atoms with Crippen molar-refractivity contribution in [3.05, 3.63) is 59.9 Å². The van der Waals surface area contributed by atoms with E-state index in [2.05, 4.69) is 10.3 Å². The number of benzene rings is 2. The van der Waals surface area contributed by atoms with Crippen LogP contribution in [0.3, 0.4) is 0 Å². The van der Waals surface area contributed by atoms with Gasteiger partial charge in [-0.1, -0.05) is 17.4 Å². The van der Waals surface area contributed by atoms with Gasteiger partial charge in [-0.25, -0.2) is 9.29 Å². The molecule has 1 fully saturated rings. The Balaban J connectivity index is 1.53. The zero-order valence-electron chi connectivity index (χ0n) is 14.6. The summed E-state index contributed by atoms with van der Waals surface area (Å²) in [7, 11) is 0. The topological polar surface area (TPSA) is 74.6 Å². The molecule has 0 N–H and O–H groups in total. The van der Waals surface area contributed by atoms with Crippen LogP contribution in [0.25, 0.3) is 0 Å². The van der Waals surface area contributed by atoms with Crippen LogP contribution < -0.4 is 9.64 Å². The summed E-state index contributed by atoms with van der Waals surface area (Å²) in [6.07, 6.45) is 0. The minimum absolute atomic E-state index is 0.331. The highest BCUT2D eigenvalue weighted by atomic mass is 19.1. The molecular weight excluding hydrogens is 351 g/mol. The number of fused-ring (bicyclic) bond motifs is 1. The minimum atomic E-state index is -0.870. The van der Waals surface area contributed by atoms with Gasteiger partial charge in [0.1, 0.15) is 11.6 Å². The molecule has 2 aliphatic heterocycles. The lowest BCUT2D eigenvalue weighted by Gasteiger charge is -2.20. The molecule has 2 atom stereocenters. The van der Waals surface area contributed by atoms with Gasteiger partial charge in [0.15, 0.2) is 12.1 Å². The van der Waals surface area contributed by atoms with Gasteiger partial charge in [0.05, 0.1) is 18.8 Å². The van der Waals surface area contributed by atoms with E-state index in [1.807, 2.05) is 31.2 Å². The van der Waals surface area contributed by atoms with Crippen LogP contribution in [0.15, 0.2) is 58.9 Å². The molecule has 2 amide bonds. The van der Waals surface area contributed by atoms with Gasteiger partial charge in [-0.05, 0) is 48.9 Å². The first kappa shape index (κ1) is 17.1. The summed E-state index contributed by atoms with van der Waals surface area (Å²) < 4.78 is 18.6. The number of nitrogens with zero attached hydrogens (tertiary/aromatic N) is 4. The number of halogens is 1. The molecule has 0 aliphatic carbocycles. The maximum absolute atomic E-state index is 13.1. The van der Waals surface area contributed by atoms with Crippen LogP contribution in [-0.2, 0) is 16.1 Å². The molecule has 138 valence electrons. The highest BCUT2D eigenvalue weighted by Gasteiger charge is 2.54. The second-order valence-corrected chi connectivity index (χ2v) is 6.26. The number of hydrogen-bond donors (Lipinski definition) is 0. The molecule has 0 aromatic heterocycles. The molecule has 27 heavy (non-hydrogen) atoms. The lowest BCUT2D eigenvalue weighted by Crippen LogP contribution is -2.39. The lowest BCUT2D eigenvalue weighted by atomic mass is 10.1. The van der Waals surface area contributed by atoms with Gasteiger partial charge in [0.2, 0.25) is 0 Å². The fourth-order valence-corrected chi connectivity index (χ4v) is 3.24. The van der Waals surface area contributed by atoms with Crippen LogP contribution in [0.4, 0.5) is 10.1 Å². The van der Waals surface area contributed by atoms with E-state index in [0.717, 1.165) is 16.2 Å². The van der Waals surface area contributed by atoms with Crippen molar-refractivity contribution >= 4 is 17.5 Å². The molecule has 0 bridgehead atoms. The zero-order valence-corrected chi connectivity index (χ0v) is 14.6. The molecule has 0 unspecified atom stereocenters. The number of ether oxygens (including phenoxy) is 1. The number of imide groups is 1. The molecule has 2 heterocycles. The van der Waals surface area contributed by atoms with E-state index < -0.39 is 29.7 Å². The summed E-state index contributed by atoms with van der Waals surface area (Å²) in [5.41, 5.74) is 1.25. The van der Waals surface area contributed by atoms with Crippen LogP contribution in [0.5, 0.6) is 5.75 Å². The van der Waals surface area contributed by atoms with Gasteiger partial charge in [-0.15, -0.1) is 0 Å². The Bertz CT molecular complexity index is 898. The van der Waals surface area contributed by atoms with Crippen molar-refractivity contribution in [2.75, 3.05) is 11.5 Å². The maximum atomic E-state index is 13.1. The molecule has 1 saturated heterocycles. The zero-order chi connectivity index (χ0) is 19.0. The molecule has 4 rings (SSSR count). The van der Waals surface area contributed by atoms with Crippen LogP contribution in [0.2, 0.25) is 0 Å². The van der Waals surface area contributed by atoms with E-state index in [-0.39, 0.29) is 0 Å². The Morgan fingerprint density at radius 2 is 1.74 bits per heavy atom. The molecule has 2 aromatic rings. The Hall–Kier alpha value is -3.29. The molecule has 0 spiro atoms. The summed E-state index contributed by atoms with van der Waals surface area (Å²) >= 11 is 0. The predicted octanol–water partition coefficient (Wildman–Crippen LogP) is 2.72. The third-order valence-electron chi connectivity index (χ3n) is 4.52. The Morgan fingerprint density at radius 1 is 1.04 bits per heavy atom. The molecule has 2 aromatic carbocycles. The van der Waals surface area contributed by atoms with Crippen LogP contribution in [-0.4, -0.2) is 35.5 Å². The van der Waals surface area contributed by atoms with Gasteiger partial charge in [-0.2, -0.15) is 5.11 Å². The lowest BCUT2D eigenvalue weighted by molar-refractivity contribution is -0.123. The molecule has 7 nitrogen and oxygen atoms in total. The third kappa shape index (κ3) is 3.03. The Kier molecular flexibility index (Phi) is 4.31. The van der Waals surface area contributed by atoms with E-state index in [0.29, 0.717) is 18.8 Å². The molecule has 2 aliphatic rings. The van der Waals surface area contributed by atoms with Gasteiger partial charge in [0.25, 0.3) is 11.8 Å². The standard InChI is InChI=1S/C19H17FN4O3/c1-2-27-15-9-3-12(4-10-15)11-23-17-16(21-22-23)18(25)24(19(17)26)14-7-5-13(20)6-8-14/h3-10,16-17H,2,11H2,1H3/t16-,17-/m0/s1. The molecule has 0 saturated carbocycles. The quantitative estimate of drug-likeness (QED) is 0.761. The highest BCUT2D eigenvalue weighted by molar-refractivity contribution is 6.25. The van der Waals surface area contributed by atoms with Gasteiger partial charge in [-0.3, -0.25) is 14.6 Å². The van der Waals surface area contributed by atoms with E-state index in [4.69, 9.17) is 4.74 Å². The maximum Gasteiger partial charge on any atom is 0.263 e. The highest BCUT2D eigenvalue weighted by Crippen LogP contribution is 2.32. The Morgan fingerprint density at radius 3 is 2.41 bits per heavy atom. The number of anilines is 1. The van der Waals surface area contributed by atoms with Crippen molar-refractivity contribution in [2.45, 2.75) is 25.6 Å². The number of amides is 2. The van der Waals surface area contributed by atoms with Crippen molar-refractivity contribution in [3.63, 3.8) is 0 Å². The van der Waals surface area contributed by atoms with Gasteiger partial charge >= 0.3 is 0 Å². The second-order valence-electron chi connectivity index (χ2n) is 6.26. The average molecular weight is 368 g/mol. The fraction of sp³-hybridized carbons (Fsp3) is 0.263. The minimum Gasteiger partial charge on any atom is -0.494 e. The average Bonchev–Trinajstić information content (AvgIpc) is 3.18. The summed E-state index contributed by atoms with van der Waals surface area (Å²) in [4.78, 5) is 26.5. The van der Waals surface area contributed by atoms with E-state index >= 15 is 0 Å². The van der Waals surface area contributed by atoms with E-state index in [9.17, 15) is 14.0 Å². The first-order valence-electron chi connectivity index (χ1n) is 8.61. The number of carbonyl (C=O) groups is 2. The first-order valence-corrected chi connectivity index (χ1v) is 8.61. The van der Waals surface area contributed by atoms with E-state index in [1.54, 1.807) is 0 Å². The third-order valence-corrected chi connectivity index (χ3v) is 4.52. The van der Waals surface area contributed by atoms with Crippen LogP contribution in [0.1, 0.15) is 12.5 Å². The SMILES string of the molecule is CCOc1ccc(CN2N=N[C@@H]3C(=O)N(c4ccc(F)cc4)C(=O)[C@H]32)cc1. The van der Waals surface area contributed by atoms with Gasteiger partial charge < -0.3 is 4.74 Å². The second kappa shape index (κ2) is 6.79. The normalized spacial score (nSPS) is 21.1. The number of rotatable bonds is 5. The van der Waals surface area contributed by atoms with Crippen LogP contribution >= 0.6 is 0 Å². The van der Waals surface area contributed by atoms with Crippen molar-refractivity contribution in [3.8, 4) is 5.75 Å². The molecule has 0 radical (unpaired) electrons. The largest absolute Gasteiger partial charge is 0.494 e. The monoisotopic (exact) mass is 368 g/mol. The van der Waals surface area contributed by atoms with Crippen molar-refractivity contribution in [2.24, 2.45) is 10.3 Å². The van der Waals surface area contributed by atoms with Crippen molar-refractivity contribution < 1.29 is 18.7 Å². The number of hydrogen-bond acceptors (Lipinski definition) is 6. The molecular formula is C19H17FN4O3. The van der Waals surface area contributed by atoms with Crippen molar-refractivity contribution in [1.29, 1.82) is 0 Å². The first-order chi connectivity index (χ1) is 13.1. The molecule has 8 heteroatoms. The number of carbonyl (C=O) groups excluding carboxylic acids is 2. The predicted molar refractivity (Wildman–Crippen MR) is 94.5 cm³/mol. The summed E-state index contributed by atoms with van der Waals surface area (Å²) in [6.45, 7) is 2.83. The fourth-order valence-electron chi connectivity index (χ4n) is 3.24. The summed E-state index contributed by atoms with van der Waals surface area (Å²) in [5, 5.41) is 9.52. The Labute approximate surface area is 155 Å². The summed E-state index contributed by atoms with van der Waals surface area (Å²) in [6, 6.07) is 11.0. The van der Waals surface area contributed by atoms with Crippen molar-refractivity contribution in [1.82, 2.24) is 5.01 Å². The van der Waals surface area contributed by atoms with Crippen LogP contribution in [0, 0.1) is 5.82 Å². The van der Waals surface area contributed by atoms with Gasteiger partial charge in [0, 0.05) is 0 Å². The van der Waals surface area contributed by atoms with E-state index in [1.165, 1.54) is 29.3 Å². The summed E-state index contributed by atoms with van der Waals surface area (Å²) in [5.74, 6) is -0.534.